The largest absolute Gasteiger partial charge is 0.352 e. The molecule has 0 bridgehead atoms. The summed E-state index contributed by atoms with van der Waals surface area (Å²) in [4.78, 5) is 27.9. The first kappa shape index (κ1) is 25.1. The Morgan fingerprint density at radius 2 is 1.70 bits per heavy atom. The summed E-state index contributed by atoms with van der Waals surface area (Å²) in [6, 6.07) is 18.9. The van der Waals surface area contributed by atoms with Crippen molar-refractivity contribution in [1.29, 1.82) is 0 Å². The number of carbonyl (C=O) groups excluding carboxylic acids is 2. The van der Waals surface area contributed by atoms with Crippen molar-refractivity contribution < 1.29 is 9.59 Å². The summed E-state index contributed by atoms with van der Waals surface area (Å²) >= 11 is 12.4. The van der Waals surface area contributed by atoms with Crippen molar-refractivity contribution in [2.75, 3.05) is 0 Å². The number of aryl methyl sites for hydroxylation is 1. The lowest BCUT2D eigenvalue weighted by atomic mass is 10.0. The van der Waals surface area contributed by atoms with E-state index < -0.39 is 6.04 Å². The number of halogens is 2. The third-order valence-corrected chi connectivity index (χ3v) is 6.60. The zero-order valence-electron chi connectivity index (χ0n) is 19.3. The number of benzene rings is 3. The molecule has 0 aliphatic rings. The minimum Gasteiger partial charge on any atom is -0.352 e. The predicted molar refractivity (Wildman–Crippen MR) is 137 cm³/mol. The Balaban J connectivity index is 1.82. The maximum absolute atomic E-state index is 13.4. The third kappa shape index (κ3) is 6.49. The van der Waals surface area contributed by atoms with Gasteiger partial charge in [-0.3, -0.25) is 9.59 Å². The summed E-state index contributed by atoms with van der Waals surface area (Å²) < 4.78 is 0. The van der Waals surface area contributed by atoms with Crippen LogP contribution in [0.2, 0.25) is 10.0 Å². The Morgan fingerprint density at radius 3 is 2.42 bits per heavy atom. The van der Waals surface area contributed by atoms with Crippen LogP contribution in [0.15, 0.2) is 60.7 Å². The quantitative estimate of drug-likeness (QED) is 0.381. The van der Waals surface area contributed by atoms with Gasteiger partial charge in [0, 0.05) is 29.1 Å². The molecular formula is C27H30Cl2N2O2. The van der Waals surface area contributed by atoms with E-state index >= 15 is 0 Å². The van der Waals surface area contributed by atoms with Crippen molar-refractivity contribution in [3.05, 3.63) is 81.8 Å². The highest BCUT2D eigenvalue weighted by molar-refractivity contribution is 6.35. The van der Waals surface area contributed by atoms with Crippen LogP contribution in [0.3, 0.4) is 0 Å². The molecule has 0 saturated heterocycles. The Kier molecular flexibility index (Phi) is 8.76. The highest BCUT2D eigenvalue weighted by atomic mass is 35.5. The van der Waals surface area contributed by atoms with E-state index in [-0.39, 0.29) is 24.4 Å². The number of nitrogens with one attached hydrogen (secondary N) is 1. The van der Waals surface area contributed by atoms with Crippen molar-refractivity contribution in [2.45, 2.75) is 58.7 Å². The van der Waals surface area contributed by atoms with E-state index in [0.717, 1.165) is 28.3 Å². The normalized spacial score (nSPS) is 12.9. The summed E-state index contributed by atoms with van der Waals surface area (Å²) in [5.74, 6) is -0.270. The molecule has 0 heterocycles. The lowest BCUT2D eigenvalue weighted by Crippen LogP contribution is -2.49. The Morgan fingerprint density at radius 1 is 0.970 bits per heavy atom. The van der Waals surface area contributed by atoms with Gasteiger partial charge in [-0.2, -0.15) is 0 Å². The van der Waals surface area contributed by atoms with Crippen molar-refractivity contribution in [1.82, 2.24) is 10.2 Å². The van der Waals surface area contributed by atoms with Crippen molar-refractivity contribution in [3.63, 3.8) is 0 Å². The first-order valence-corrected chi connectivity index (χ1v) is 12.1. The van der Waals surface area contributed by atoms with Gasteiger partial charge in [-0.15, -0.1) is 0 Å². The first-order chi connectivity index (χ1) is 15.8. The molecule has 174 valence electrons. The summed E-state index contributed by atoms with van der Waals surface area (Å²) in [6.45, 7) is 5.96. The van der Waals surface area contributed by atoms with Gasteiger partial charge in [-0.25, -0.2) is 0 Å². The molecule has 2 amide bonds. The van der Waals surface area contributed by atoms with E-state index in [9.17, 15) is 9.59 Å². The van der Waals surface area contributed by atoms with Crippen LogP contribution >= 0.6 is 23.2 Å². The SMILES string of the molecule is CC[C@@H](C)NC(=O)[C@@H](C)N(Cc1ccc(Cl)cc1Cl)C(=O)CCc1cccc2ccccc12. The molecule has 0 spiro atoms. The van der Waals surface area contributed by atoms with Crippen LogP contribution in [-0.4, -0.2) is 28.8 Å². The van der Waals surface area contributed by atoms with Crippen molar-refractivity contribution in [2.24, 2.45) is 0 Å². The smallest absolute Gasteiger partial charge is 0.242 e. The van der Waals surface area contributed by atoms with E-state index in [0.29, 0.717) is 22.9 Å². The number of rotatable bonds is 9. The zero-order valence-corrected chi connectivity index (χ0v) is 20.8. The van der Waals surface area contributed by atoms with Crippen LogP contribution in [0.4, 0.5) is 0 Å². The average molecular weight is 485 g/mol. The molecule has 3 aromatic carbocycles. The second kappa shape index (κ2) is 11.5. The molecule has 33 heavy (non-hydrogen) atoms. The molecule has 0 radical (unpaired) electrons. The van der Waals surface area contributed by atoms with Gasteiger partial charge in [-0.1, -0.05) is 78.7 Å². The highest BCUT2D eigenvalue weighted by Gasteiger charge is 2.27. The third-order valence-electron chi connectivity index (χ3n) is 6.01. The molecule has 0 aliphatic carbocycles. The molecule has 6 heteroatoms. The van der Waals surface area contributed by atoms with Gasteiger partial charge in [0.2, 0.25) is 11.8 Å². The molecule has 4 nitrogen and oxygen atoms in total. The molecule has 3 aromatic rings. The standard InChI is InChI=1S/C27H30Cl2N2O2/c1-4-18(2)30-27(33)19(3)31(17-22-12-14-23(28)16-25(22)29)26(32)15-13-21-10-7-9-20-8-5-6-11-24(20)21/h5-12,14,16,18-19H,4,13,15,17H2,1-3H3,(H,30,33)/t18-,19-/m1/s1. The molecule has 1 N–H and O–H groups in total. The fraction of sp³-hybridized carbons (Fsp3) is 0.333. The zero-order chi connectivity index (χ0) is 24.0. The Hall–Kier alpha value is -2.56. The van der Waals surface area contributed by atoms with Gasteiger partial charge in [-0.05, 0) is 60.7 Å². The van der Waals surface area contributed by atoms with Crippen molar-refractivity contribution >= 4 is 45.8 Å². The predicted octanol–water partition coefficient (Wildman–Crippen LogP) is 6.41. The topological polar surface area (TPSA) is 49.4 Å². The minimum atomic E-state index is -0.634. The fourth-order valence-electron chi connectivity index (χ4n) is 3.78. The molecule has 3 rings (SSSR count). The number of carbonyl (C=O) groups is 2. The monoisotopic (exact) mass is 484 g/mol. The summed E-state index contributed by atoms with van der Waals surface area (Å²) in [5, 5.41) is 6.28. The van der Waals surface area contributed by atoms with Crippen LogP contribution in [-0.2, 0) is 22.6 Å². The molecule has 0 unspecified atom stereocenters. The highest BCUT2D eigenvalue weighted by Crippen LogP contribution is 2.24. The Bertz CT molecular complexity index is 1130. The van der Waals surface area contributed by atoms with Crippen LogP contribution in [0.1, 0.15) is 44.7 Å². The van der Waals surface area contributed by atoms with Gasteiger partial charge >= 0.3 is 0 Å². The summed E-state index contributed by atoms with van der Waals surface area (Å²) in [5.41, 5.74) is 1.87. The van der Waals surface area contributed by atoms with Gasteiger partial charge in [0.25, 0.3) is 0 Å². The number of hydrogen-bond donors (Lipinski definition) is 1. The molecule has 0 saturated carbocycles. The maximum atomic E-state index is 13.4. The second-order valence-corrected chi connectivity index (χ2v) is 9.23. The van der Waals surface area contributed by atoms with Gasteiger partial charge in [0.15, 0.2) is 0 Å². The first-order valence-electron chi connectivity index (χ1n) is 11.3. The number of hydrogen-bond acceptors (Lipinski definition) is 2. The molecule has 2 atom stereocenters. The lowest BCUT2D eigenvalue weighted by molar-refractivity contribution is -0.140. The van der Waals surface area contributed by atoms with E-state index in [1.54, 1.807) is 30.0 Å². The number of fused-ring (bicyclic) bond motifs is 1. The van der Waals surface area contributed by atoms with Crippen LogP contribution < -0.4 is 5.32 Å². The number of amides is 2. The molecule has 0 aliphatic heterocycles. The van der Waals surface area contributed by atoms with E-state index in [2.05, 4.69) is 29.6 Å². The van der Waals surface area contributed by atoms with Gasteiger partial charge in [0.05, 0.1) is 0 Å². The fourth-order valence-corrected chi connectivity index (χ4v) is 4.25. The average Bonchev–Trinajstić information content (AvgIpc) is 2.81. The van der Waals surface area contributed by atoms with E-state index in [4.69, 9.17) is 23.2 Å². The van der Waals surface area contributed by atoms with Gasteiger partial charge in [0.1, 0.15) is 6.04 Å². The molecular weight excluding hydrogens is 455 g/mol. The van der Waals surface area contributed by atoms with E-state index in [1.807, 2.05) is 32.0 Å². The summed E-state index contributed by atoms with van der Waals surface area (Å²) in [7, 11) is 0. The second-order valence-electron chi connectivity index (χ2n) is 8.39. The lowest BCUT2D eigenvalue weighted by Gasteiger charge is -2.30. The Labute approximate surface area is 205 Å². The van der Waals surface area contributed by atoms with Crippen LogP contribution in [0, 0.1) is 0 Å². The van der Waals surface area contributed by atoms with E-state index in [1.165, 1.54) is 0 Å². The summed E-state index contributed by atoms with van der Waals surface area (Å²) in [6.07, 6.45) is 1.70. The minimum absolute atomic E-state index is 0.0340. The van der Waals surface area contributed by atoms with Crippen molar-refractivity contribution in [3.8, 4) is 0 Å². The van der Waals surface area contributed by atoms with Crippen LogP contribution in [0.25, 0.3) is 10.8 Å². The maximum Gasteiger partial charge on any atom is 0.242 e. The molecule has 0 fully saturated rings. The van der Waals surface area contributed by atoms with Crippen LogP contribution in [0.5, 0.6) is 0 Å². The van der Waals surface area contributed by atoms with Gasteiger partial charge < -0.3 is 10.2 Å². The molecule has 0 aromatic heterocycles. The number of nitrogens with zero attached hydrogens (tertiary/aromatic N) is 1.